The number of phenols is 1. The Bertz CT molecular complexity index is 696. The van der Waals surface area contributed by atoms with Gasteiger partial charge in [-0.15, -0.1) is 0 Å². The van der Waals surface area contributed by atoms with Crippen LogP contribution in [0.1, 0.15) is 5.56 Å². The summed E-state index contributed by atoms with van der Waals surface area (Å²) in [5.41, 5.74) is 3.60. The predicted octanol–water partition coefficient (Wildman–Crippen LogP) is 4.52. The summed E-state index contributed by atoms with van der Waals surface area (Å²) in [6.07, 6.45) is 0. The number of aromatic hydroxyl groups is 1. The van der Waals surface area contributed by atoms with E-state index in [1.807, 2.05) is 12.1 Å². The van der Waals surface area contributed by atoms with Gasteiger partial charge in [0.15, 0.2) is 0 Å². The van der Waals surface area contributed by atoms with Crippen molar-refractivity contribution in [3.63, 3.8) is 0 Å². The minimum Gasteiger partial charge on any atom is -0.508 e. The Balaban J connectivity index is 2.22. The lowest BCUT2D eigenvalue weighted by Crippen LogP contribution is -1.84. The molecule has 0 amide bonds. The van der Waals surface area contributed by atoms with E-state index in [-0.39, 0.29) is 0 Å². The molecular weight excluding hydrogens is 220 g/mol. The lowest BCUT2D eigenvalue weighted by Gasteiger charge is -2.08. The monoisotopic (exact) mass is 234 g/mol. The van der Waals surface area contributed by atoms with Crippen molar-refractivity contribution in [3.8, 4) is 16.9 Å². The normalized spacial score (nSPS) is 10.7. The Morgan fingerprint density at radius 1 is 0.778 bits per heavy atom. The molecule has 0 aliphatic heterocycles. The Morgan fingerprint density at radius 2 is 1.39 bits per heavy atom. The molecule has 0 aliphatic carbocycles. The molecule has 1 heteroatoms. The number of phenolic OH excluding ortho intramolecular Hbond substituents is 1. The van der Waals surface area contributed by atoms with Gasteiger partial charge in [0.1, 0.15) is 5.75 Å². The van der Waals surface area contributed by atoms with Crippen LogP contribution in [0.5, 0.6) is 5.75 Å². The van der Waals surface area contributed by atoms with Gasteiger partial charge in [0.05, 0.1) is 0 Å². The van der Waals surface area contributed by atoms with Crippen LogP contribution >= 0.6 is 0 Å². The van der Waals surface area contributed by atoms with Gasteiger partial charge in [-0.05, 0) is 52.6 Å². The second kappa shape index (κ2) is 4.19. The van der Waals surface area contributed by atoms with Crippen LogP contribution in [0.4, 0.5) is 0 Å². The molecule has 1 nitrogen and oxygen atoms in total. The molecule has 3 rings (SSSR count). The van der Waals surface area contributed by atoms with E-state index in [2.05, 4.69) is 43.3 Å². The number of hydrogen-bond acceptors (Lipinski definition) is 1. The van der Waals surface area contributed by atoms with Gasteiger partial charge in [-0.1, -0.05) is 42.5 Å². The topological polar surface area (TPSA) is 20.2 Å². The van der Waals surface area contributed by atoms with Crippen LogP contribution in [0.25, 0.3) is 21.9 Å². The molecule has 0 bridgehead atoms. The standard InChI is InChI=1S/C17H14O/c1-12-10-14-4-2-3-5-15(14)11-17(12)13-6-8-16(18)9-7-13/h2-11,18H,1H3. The average molecular weight is 234 g/mol. The van der Waals surface area contributed by atoms with Crippen LogP contribution in [-0.4, -0.2) is 5.11 Å². The molecule has 0 unspecified atom stereocenters. The molecular formula is C17H14O. The van der Waals surface area contributed by atoms with E-state index in [0.29, 0.717) is 5.75 Å². The van der Waals surface area contributed by atoms with Gasteiger partial charge in [-0.3, -0.25) is 0 Å². The zero-order valence-corrected chi connectivity index (χ0v) is 10.2. The first-order valence-corrected chi connectivity index (χ1v) is 6.03. The molecule has 1 N–H and O–H groups in total. The van der Waals surface area contributed by atoms with Gasteiger partial charge in [-0.2, -0.15) is 0 Å². The first-order valence-electron chi connectivity index (χ1n) is 6.03. The zero-order chi connectivity index (χ0) is 12.5. The Hall–Kier alpha value is -2.28. The molecule has 0 radical (unpaired) electrons. The summed E-state index contributed by atoms with van der Waals surface area (Å²) in [5, 5.41) is 11.8. The zero-order valence-electron chi connectivity index (χ0n) is 10.2. The third kappa shape index (κ3) is 1.84. The molecule has 0 aliphatic rings. The molecule has 3 aromatic carbocycles. The van der Waals surface area contributed by atoms with E-state index in [9.17, 15) is 5.11 Å². The van der Waals surface area contributed by atoms with Gasteiger partial charge in [0, 0.05) is 0 Å². The van der Waals surface area contributed by atoms with Crippen LogP contribution in [-0.2, 0) is 0 Å². The first-order chi connectivity index (χ1) is 8.74. The number of aryl methyl sites for hydroxylation is 1. The summed E-state index contributed by atoms with van der Waals surface area (Å²) in [4.78, 5) is 0. The van der Waals surface area contributed by atoms with Gasteiger partial charge in [0.25, 0.3) is 0 Å². The maximum absolute atomic E-state index is 9.34. The molecule has 0 atom stereocenters. The Labute approximate surface area is 106 Å². The Morgan fingerprint density at radius 3 is 2.06 bits per heavy atom. The maximum atomic E-state index is 9.34. The lowest BCUT2D eigenvalue weighted by molar-refractivity contribution is 0.475. The highest BCUT2D eigenvalue weighted by Gasteiger charge is 2.04. The Kier molecular flexibility index (Phi) is 2.52. The first kappa shape index (κ1) is 10.8. The van der Waals surface area contributed by atoms with E-state index < -0.39 is 0 Å². The van der Waals surface area contributed by atoms with Crippen LogP contribution in [0.3, 0.4) is 0 Å². The number of benzene rings is 3. The third-order valence-electron chi connectivity index (χ3n) is 3.27. The van der Waals surface area contributed by atoms with Crippen molar-refractivity contribution >= 4 is 10.8 Å². The molecule has 0 aromatic heterocycles. The van der Waals surface area contributed by atoms with E-state index in [1.54, 1.807) is 12.1 Å². The van der Waals surface area contributed by atoms with Gasteiger partial charge >= 0.3 is 0 Å². The van der Waals surface area contributed by atoms with Crippen LogP contribution in [0.15, 0.2) is 60.7 Å². The van der Waals surface area contributed by atoms with E-state index in [1.165, 1.54) is 21.9 Å². The van der Waals surface area contributed by atoms with Crippen LogP contribution < -0.4 is 0 Å². The molecule has 0 saturated heterocycles. The molecule has 0 heterocycles. The fourth-order valence-electron chi connectivity index (χ4n) is 2.31. The predicted molar refractivity (Wildman–Crippen MR) is 75.8 cm³/mol. The summed E-state index contributed by atoms with van der Waals surface area (Å²) in [6.45, 7) is 2.12. The summed E-state index contributed by atoms with van der Waals surface area (Å²) < 4.78 is 0. The average Bonchev–Trinajstić information content (AvgIpc) is 2.39. The molecule has 3 aromatic rings. The SMILES string of the molecule is Cc1cc2ccccc2cc1-c1ccc(O)cc1. The summed E-state index contributed by atoms with van der Waals surface area (Å²) in [5.74, 6) is 0.303. The minimum atomic E-state index is 0.303. The summed E-state index contributed by atoms with van der Waals surface area (Å²) in [7, 11) is 0. The smallest absolute Gasteiger partial charge is 0.115 e. The summed E-state index contributed by atoms with van der Waals surface area (Å²) in [6, 6.07) is 20.1. The third-order valence-corrected chi connectivity index (χ3v) is 3.27. The molecule has 88 valence electrons. The van der Waals surface area contributed by atoms with Gasteiger partial charge in [-0.25, -0.2) is 0 Å². The highest BCUT2D eigenvalue weighted by Crippen LogP contribution is 2.29. The lowest BCUT2D eigenvalue weighted by atomic mass is 9.96. The van der Waals surface area contributed by atoms with Crippen molar-refractivity contribution in [2.24, 2.45) is 0 Å². The number of hydrogen-bond donors (Lipinski definition) is 1. The van der Waals surface area contributed by atoms with Gasteiger partial charge in [0.2, 0.25) is 0 Å². The van der Waals surface area contributed by atoms with E-state index >= 15 is 0 Å². The van der Waals surface area contributed by atoms with Crippen molar-refractivity contribution in [1.82, 2.24) is 0 Å². The van der Waals surface area contributed by atoms with Crippen molar-refractivity contribution in [3.05, 3.63) is 66.2 Å². The van der Waals surface area contributed by atoms with Crippen LogP contribution in [0, 0.1) is 6.92 Å². The van der Waals surface area contributed by atoms with E-state index in [4.69, 9.17) is 0 Å². The van der Waals surface area contributed by atoms with Crippen molar-refractivity contribution < 1.29 is 5.11 Å². The number of fused-ring (bicyclic) bond motifs is 1. The maximum Gasteiger partial charge on any atom is 0.115 e. The van der Waals surface area contributed by atoms with Crippen LogP contribution in [0.2, 0.25) is 0 Å². The minimum absolute atomic E-state index is 0.303. The second-order valence-electron chi connectivity index (χ2n) is 4.56. The molecule has 0 spiro atoms. The molecule has 0 saturated carbocycles. The highest BCUT2D eigenvalue weighted by molar-refractivity contribution is 5.89. The van der Waals surface area contributed by atoms with E-state index in [0.717, 1.165) is 5.56 Å². The number of rotatable bonds is 1. The quantitative estimate of drug-likeness (QED) is 0.656. The fourth-order valence-corrected chi connectivity index (χ4v) is 2.31. The van der Waals surface area contributed by atoms with Crippen molar-refractivity contribution in [2.45, 2.75) is 6.92 Å². The second-order valence-corrected chi connectivity index (χ2v) is 4.56. The molecule has 18 heavy (non-hydrogen) atoms. The van der Waals surface area contributed by atoms with Crippen molar-refractivity contribution in [1.29, 1.82) is 0 Å². The van der Waals surface area contributed by atoms with Gasteiger partial charge < -0.3 is 5.11 Å². The fraction of sp³-hybridized carbons (Fsp3) is 0.0588. The highest BCUT2D eigenvalue weighted by atomic mass is 16.3. The largest absolute Gasteiger partial charge is 0.508 e. The van der Waals surface area contributed by atoms with Crippen molar-refractivity contribution in [2.75, 3.05) is 0 Å². The summed E-state index contributed by atoms with van der Waals surface area (Å²) >= 11 is 0. The molecule has 0 fully saturated rings.